The summed E-state index contributed by atoms with van der Waals surface area (Å²) in [5.74, 6) is -4.61. The molecule has 0 aliphatic rings. The van der Waals surface area contributed by atoms with E-state index in [-0.39, 0.29) is 18.6 Å². The Balaban J connectivity index is -0.000000199. The molecule has 0 aromatic carbocycles. The van der Waals surface area contributed by atoms with E-state index in [0.717, 1.165) is 4.90 Å². The van der Waals surface area contributed by atoms with Crippen LogP contribution in [0.25, 0.3) is 0 Å². The van der Waals surface area contributed by atoms with E-state index in [1.54, 1.807) is 0 Å². The number of nitrogens with one attached hydrogen (secondary N) is 1. The van der Waals surface area contributed by atoms with Crippen molar-refractivity contribution in [1.29, 1.82) is 0 Å². The number of carboxylic acids is 4. The Morgan fingerprint density at radius 2 is 1.09 bits per heavy atom. The van der Waals surface area contributed by atoms with Crippen LogP contribution < -0.4 is 5.32 Å². The second kappa shape index (κ2) is 19.5. The van der Waals surface area contributed by atoms with Crippen molar-refractivity contribution in [2.75, 3.05) is 52.3 Å². The molecule has 0 saturated heterocycles. The first-order valence-corrected chi connectivity index (χ1v) is 12.0. The van der Waals surface area contributed by atoms with Gasteiger partial charge in [-0.3, -0.25) is 38.1 Å². The van der Waals surface area contributed by atoms with Crippen LogP contribution in [-0.4, -0.2) is 126 Å². The van der Waals surface area contributed by atoms with E-state index in [4.69, 9.17) is 40.0 Å². The van der Waals surface area contributed by atoms with Gasteiger partial charge in [-0.2, -0.15) is 0 Å². The molecule has 0 aromatic heterocycles. The summed E-state index contributed by atoms with van der Waals surface area (Å²) in [4.78, 5) is 75.5. The summed E-state index contributed by atoms with van der Waals surface area (Å²) in [6.45, 7) is 0.825. The maximum Gasteiger partial charge on any atom is 0.339 e. The van der Waals surface area contributed by atoms with Crippen LogP contribution in [0.3, 0.4) is 0 Å². The Morgan fingerprint density at radius 1 is 0.727 bits per heavy atom. The van der Waals surface area contributed by atoms with Gasteiger partial charge < -0.3 is 50.8 Å². The summed E-state index contributed by atoms with van der Waals surface area (Å²) in [6.07, 6.45) is -1.41. The van der Waals surface area contributed by atoms with Gasteiger partial charge in [0.15, 0.2) is 0 Å². The van der Waals surface area contributed by atoms with Crippen molar-refractivity contribution in [2.24, 2.45) is 0 Å². The number of hydrogen-bond donors (Lipinski definition) is 9. The van der Waals surface area contributed by atoms with Crippen LogP contribution in [0.5, 0.6) is 0 Å². The van der Waals surface area contributed by atoms with E-state index in [9.17, 15) is 28.3 Å². The predicted octanol–water partition coefficient (Wildman–Crippen LogP) is -3.51. The van der Waals surface area contributed by atoms with Crippen molar-refractivity contribution >= 4 is 39.1 Å². The van der Waals surface area contributed by atoms with Crippen molar-refractivity contribution in [3.05, 3.63) is 0 Å². The molecule has 0 heterocycles. The van der Waals surface area contributed by atoms with Crippen LogP contribution in [0.15, 0.2) is 0 Å². The van der Waals surface area contributed by atoms with Gasteiger partial charge in [0.1, 0.15) is 12.6 Å². The minimum absolute atomic E-state index is 0. The molecule has 12 N–H and O–H groups in total. The first kappa shape index (κ1) is 38.3. The Morgan fingerprint density at radius 3 is 1.30 bits per heavy atom. The minimum atomic E-state index is -4.44. The lowest BCUT2D eigenvalue weighted by molar-refractivity contribution is -0.142. The molecule has 0 saturated carbocycles. The van der Waals surface area contributed by atoms with Crippen molar-refractivity contribution in [3.63, 3.8) is 0 Å². The molecule has 0 bridgehead atoms. The van der Waals surface area contributed by atoms with Crippen molar-refractivity contribution in [3.8, 4) is 0 Å². The normalized spacial score (nSPS) is 10.8. The molecule has 0 rings (SSSR count). The van der Waals surface area contributed by atoms with E-state index in [2.05, 4.69) is 5.32 Å². The first-order valence-electron chi connectivity index (χ1n) is 8.37. The minimum Gasteiger partial charge on any atom is -0.480 e. The third kappa shape index (κ3) is 40.9. The number of carboxylic acid groups (broad SMARTS) is 4. The molecule has 198 valence electrons. The monoisotopic (exact) mass is 532 g/mol. The molecule has 18 nitrogen and oxygen atoms in total. The molecule has 0 aromatic rings. The quantitative estimate of drug-likeness (QED) is 0.0819. The number of hydrogen-bond acceptors (Lipinski definition) is 9. The van der Waals surface area contributed by atoms with Gasteiger partial charge in [0, 0.05) is 0 Å². The fourth-order valence-corrected chi connectivity index (χ4v) is 3.08. The number of rotatable bonds is 13. The molecule has 0 aliphatic heterocycles. The molecule has 0 radical (unpaired) electrons. The Kier molecular flexibility index (Phi) is 22.6. The zero-order valence-electron chi connectivity index (χ0n) is 17.8. The average Bonchev–Trinajstić information content (AvgIpc) is 2.48. The highest BCUT2D eigenvalue weighted by molar-refractivity contribution is 7.51. The third-order valence-electron chi connectivity index (χ3n) is 2.46. The Hall–Kier alpha value is -1.98. The molecule has 0 atom stereocenters. The second-order valence-electron chi connectivity index (χ2n) is 5.97. The van der Waals surface area contributed by atoms with Gasteiger partial charge in [0.25, 0.3) is 0 Å². The lowest BCUT2D eigenvalue weighted by Crippen LogP contribution is -2.35. The highest BCUT2D eigenvalue weighted by Gasteiger charge is 2.22. The third-order valence-corrected chi connectivity index (χ3v) is 4.08. The lowest BCUT2D eigenvalue weighted by atomic mass is 10.5. The van der Waals surface area contributed by atoms with Crippen LogP contribution in [0.1, 0.15) is 6.92 Å². The lowest BCUT2D eigenvalue weighted by Gasteiger charge is -2.17. The van der Waals surface area contributed by atoms with Gasteiger partial charge in [-0.25, -0.2) is 0 Å². The molecule has 0 amide bonds. The van der Waals surface area contributed by atoms with Gasteiger partial charge in [0.2, 0.25) is 0 Å². The van der Waals surface area contributed by atoms with E-state index >= 15 is 0 Å². The molecule has 0 aliphatic carbocycles. The van der Waals surface area contributed by atoms with Gasteiger partial charge in [0.05, 0.1) is 26.2 Å². The SMILES string of the molecule is CCNCC(=O)O.CN(CC(=O)O)CP(=O)(O)O.O=C(O)CN(CC(=O)O)CP(=O)(O)O.[OH3+]. The number of nitrogens with zero attached hydrogens (tertiary/aromatic N) is 2. The molecule has 0 fully saturated rings. The summed E-state index contributed by atoms with van der Waals surface area (Å²) in [6, 6.07) is 0. The van der Waals surface area contributed by atoms with E-state index < -0.39 is 64.7 Å². The molecule has 0 unspecified atom stereocenters. The Labute approximate surface area is 188 Å². The standard InChI is InChI=1S/C5H10NO7P.C4H10NO5P.C4H9NO2.H2O/c7-4(8)1-6(2-5(9)10)3-14(11,12)13;1-5(2-4(6)7)3-11(8,9)10;1-2-5-3-4(6)7;/h1-3H2,(H,7,8)(H,9,10)(H2,11,12,13);2-3H2,1H3,(H,6,7)(H2,8,9,10);5H,2-3H2,1H3,(H,6,7);1H2/p+1. The number of aliphatic carboxylic acids is 4. The van der Waals surface area contributed by atoms with Crippen molar-refractivity contribution < 1.29 is 73.8 Å². The molecule has 33 heavy (non-hydrogen) atoms. The van der Waals surface area contributed by atoms with Crippen molar-refractivity contribution in [2.45, 2.75) is 6.92 Å². The van der Waals surface area contributed by atoms with Gasteiger partial charge in [-0.15, -0.1) is 0 Å². The fourth-order valence-electron chi connectivity index (χ4n) is 1.63. The summed E-state index contributed by atoms with van der Waals surface area (Å²) in [5, 5.41) is 35.4. The maximum atomic E-state index is 10.5. The average molecular weight is 532 g/mol. The number of likely N-dealkylation sites (N-methyl/N-ethyl adjacent to an activating group) is 2. The smallest absolute Gasteiger partial charge is 0.339 e. The van der Waals surface area contributed by atoms with Crippen LogP contribution in [0.4, 0.5) is 0 Å². The summed E-state index contributed by atoms with van der Waals surface area (Å²) < 4.78 is 20.8. The van der Waals surface area contributed by atoms with Crippen LogP contribution in [0.2, 0.25) is 0 Å². The topological polar surface area (TPSA) is 316 Å². The summed E-state index contributed by atoms with van der Waals surface area (Å²) in [7, 11) is -7.22. The highest BCUT2D eigenvalue weighted by atomic mass is 31.2. The summed E-state index contributed by atoms with van der Waals surface area (Å²) >= 11 is 0. The van der Waals surface area contributed by atoms with Gasteiger partial charge >= 0.3 is 39.1 Å². The van der Waals surface area contributed by atoms with E-state index in [0.29, 0.717) is 11.4 Å². The molecule has 20 heteroatoms. The maximum absolute atomic E-state index is 10.5. The van der Waals surface area contributed by atoms with E-state index in [1.165, 1.54) is 7.05 Å². The largest absolute Gasteiger partial charge is 0.480 e. The summed E-state index contributed by atoms with van der Waals surface area (Å²) in [5.41, 5.74) is 0. The number of carbonyl (C=O) groups is 4. The Bertz CT molecular complexity index is 677. The van der Waals surface area contributed by atoms with Gasteiger partial charge in [-0.1, -0.05) is 6.92 Å². The second-order valence-corrected chi connectivity index (χ2v) is 9.19. The highest BCUT2D eigenvalue weighted by Crippen LogP contribution is 2.35. The van der Waals surface area contributed by atoms with E-state index in [1.807, 2.05) is 6.92 Å². The van der Waals surface area contributed by atoms with Crippen LogP contribution in [-0.2, 0) is 33.8 Å². The molecular weight excluding hydrogens is 500 g/mol. The molecular formula is C13H32N3O15P2+. The van der Waals surface area contributed by atoms with Crippen LogP contribution in [0, 0.1) is 0 Å². The first-order chi connectivity index (χ1) is 14.3. The predicted molar refractivity (Wildman–Crippen MR) is 112 cm³/mol. The fraction of sp³-hybridized carbons (Fsp3) is 0.692. The van der Waals surface area contributed by atoms with Crippen molar-refractivity contribution in [1.82, 2.24) is 15.1 Å². The van der Waals surface area contributed by atoms with Gasteiger partial charge in [-0.05, 0) is 13.6 Å². The zero-order chi connectivity index (χ0) is 26.1. The molecule has 0 spiro atoms. The zero-order valence-corrected chi connectivity index (χ0v) is 19.6. The van der Waals surface area contributed by atoms with Crippen LogP contribution >= 0.6 is 15.2 Å².